The molecular weight excluding hydrogens is 311 g/mol. The lowest BCUT2D eigenvalue weighted by atomic mass is 9.61. The van der Waals surface area contributed by atoms with Crippen molar-refractivity contribution in [3.05, 3.63) is 104 Å². The Bertz CT molecular complexity index is 850. The summed E-state index contributed by atoms with van der Waals surface area (Å²) >= 11 is 13.2. The van der Waals surface area contributed by atoms with Gasteiger partial charge in [0, 0.05) is 21.9 Å². The molecule has 3 aromatic rings. The molecule has 6 rings (SSSR count). The van der Waals surface area contributed by atoms with Gasteiger partial charge < -0.3 is 0 Å². The van der Waals surface area contributed by atoms with Crippen LogP contribution in [0.2, 0.25) is 10.0 Å². The van der Waals surface area contributed by atoms with Crippen LogP contribution in [0.15, 0.2) is 60.7 Å². The Morgan fingerprint density at radius 1 is 0.500 bits per heavy atom. The van der Waals surface area contributed by atoms with E-state index < -0.39 is 0 Å². The van der Waals surface area contributed by atoms with Crippen molar-refractivity contribution in [3.63, 3.8) is 0 Å². The highest BCUT2D eigenvalue weighted by Crippen LogP contribution is 2.58. The molecule has 22 heavy (non-hydrogen) atoms. The van der Waals surface area contributed by atoms with Gasteiger partial charge in [-0.25, -0.2) is 0 Å². The Hall–Kier alpha value is -1.76. The predicted octanol–water partition coefficient (Wildman–Crippen LogP) is 5.98. The molecule has 3 aromatic carbocycles. The molecule has 0 nitrogen and oxygen atoms in total. The predicted molar refractivity (Wildman–Crippen MR) is 91.2 cm³/mol. The molecule has 2 bridgehead atoms. The van der Waals surface area contributed by atoms with Crippen molar-refractivity contribution >= 4 is 23.2 Å². The van der Waals surface area contributed by atoms with E-state index in [1.807, 2.05) is 24.3 Å². The van der Waals surface area contributed by atoms with Gasteiger partial charge in [-0.05, 0) is 45.5 Å². The van der Waals surface area contributed by atoms with E-state index >= 15 is 0 Å². The lowest BCUT2D eigenvalue weighted by Gasteiger charge is -2.42. The van der Waals surface area contributed by atoms with Crippen molar-refractivity contribution < 1.29 is 0 Å². The number of hydrogen-bond donors (Lipinski definition) is 0. The van der Waals surface area contributed by atoms with Crippen LogP contribution in [-0.2, 0) is 0 Å². The number of halogens is 2. The van der Waals surface area contributed by atoms with Crippen LogP contribution in [-0.4, -0.2) is 0 Å². The van der Waals surface area contributed by atoms with Crippen LogP contribution in [0.3, 0.4) is 0 Å². The minimum absolute atomic E-state index is 0.193. The van der Waals surface area contributed by atoms with Crippen molar-refractivity contribution in [1.82, 2.24) is 0 Å². The van der Waals surface area contributed by atoms with Gasteiger partial charge >= 0.3 is 0 Å². The van der Waals surface area contributed by atoms with E-state index in [4.69, 9.17) is 23.2 Å². The van der Waals surface area contributed by atoms with Gasteiger partial charge in [0.25, 0.3) is 0 Å². The van der Waals surface area contributed by atoms with Gasteiger partial charge in [0.2, 0.25) is 0 Å². The third-order valence-electron chi connectivity index (χ3n) is 4.99. The Morgan fingerprint density at radius 2 is 0.909 bits per heavy atom. The minimum atomic E-state index is 0.193. The molecule has 0 N–H and O–H groups in total. The highest BCUT2D eigenvalue weighted by Gasteiger charge is 2.42. The van der Waals surface area contributed by atoms with Crippen LogP contribution in [0.5, 0.6) is 0 Å². The first-order valence-corrected chi connectivity index (χ1v) is 8.18. The fourth-order valence-corrected chi connectivity index (χ4v) is 4.80. The van der Waals surface area contributed by atoms with E-state index in [9.17, 15) is 0 Å². The second kappa shape index (κ2) is 4.38. The molecule has 0 aromatic heterocycles. The van der Waals surface area contributed by atoms with E-state index in [0.717, 1.165) is 10.0 Å². The van der Waals surface area contributed by atoms with Gasteiger partial charge in [-0.15, -0.1) is 0 Å². The molecule has 3 aliphatic rings. The van der Waals surface area contributed by atoms with E-state index in [-0.39, 0.29) is 11.8 Å². The van der Waals surface area contributed by atoms with Gasteiger partial charge in [0.1, 0.15) is 0 Å². The first kappa shape index (κ1) is 12.8. The van der Waals surface area contributed by atoms with Gasteiger partial charge in [0.15, 0.2) is 0 Å². The van der Waals surface area contributed by atoms with Crippen molar-refractivity contribution in [1.29, 1.82) is 0 Å². The second-order valence-corrected chi connectivity index (χ2v) is 6.79. The van der Waals surface area contributed by atoms with Crippen molar-refractivity contribution in [2.24, 2.45) is 0 Å². The fraction of sp³-hybridized carbons (Fsp3) is 0.100. The van der Waals surface area contributed by atoms with Crippen LogP contribution in [0.4, 0.5) is 0 Å². The Labute approximate surface area is 139 Å². The van der Waals surface area contributed by atoms with Crippen LogP contribution in [0.25, 0.3) is 0 Å². The Morgan fingerprint density at radius 3 is 1.36 bits per heavy atom. The summed E-state index contributed by atoms with van der Waals surface area (Å²) in [7, 11) is 0. The maximum absolute atomic E-state index is 6.58. The van der Waals surface area contributed by atoms with Gasteiger partial charge in [-0.3, -0.25) is 0 Å². The Balaban J connectivity index is 1.96. The molecule has 0 radical (unpaired) electrons. The molecule has 106 valence electrons. The van der Waals surface area contributed by atoms with Crippen molar-refractivity contribution in [2.45, 2.75) is 11.8 Å². The molecule has 3 aliphatic carbocycles. The zero-order valence-electron chi connectivity index (χ0n) is 11.7. The summed E-state index contributed by atoms with van der Waals surface area (Å²) in [4.78, 5) is 0. The summed E-state index contributed by atoms with van der Waals surface area (Å²) < 4.78 is 0. The summed E-state index contributed by atoms with van der Waals surface area (Å²) in [5, 5.41) is 1.71. The highest BCUT2D eigenvalue weighted by molar-refractivity contribution is 6.32. The molecule has 0 saturated heterocycles. The third kappa shape index (κ3) is 1.45. The van der Waals surface area contributed by atoms with E-state index in [2.05, 4.69) is 36.4 Å². The summed E-state index contributed by atoms with van der Waals surface area (Å²) in [6, 6.07) is 21.1. The molecule has 0 aliphatic heterocycles. The maximum Gasteiger partial charge on any atom is 0.0450 e. The average molecular weight is 323 g/mol. The maximum atomic E-state index is 6.58. The second-order valence-electron chi connectivity index (χ2n) is 5.98. The van der Waals surface area contributed by atoms with Gasteiger partial charge in [-0.1, -0.05) is 71.7 Å². The van der Waals surface area contributed by atoms with Gasteiger partial charge in [-0.2, -0.15) is 0 Å². The van der Waals surface area contributed by atoms with Crippen LogP contribution >= 0.6 is 23.2 Å². The SMILES string of the molecule is Clc1cccc2c1[C@H]1c3ccccc3[C@@H]2c2c(Cl)cccc21. The smallest absolute Gasteiger partial charge is 0.0450 e. The van der Waals surface area contributed by atoms with E-state index in [1.165, 1.54) is 33.4 Å². The summed E-state index contributed by atoms with van der Waals surface area (Å²) in [5.41, 5.74) is 7.84. The highest BCUT2D eigenvalue weighted by atomic mass is 35.5. The van der Waals surface area contributed by atoms with Gasteiger partial charge in [0.05, 0.1) is 0 Å². The Kier molecular flexibility index (Phi) is 2.54. The normalized spacial score (nSPS) is 20.3. The van der Waals surface area contributed by atoms with E-state index in [1.54, 1.807) is 0 Å². The molecule has 0 amide bonds. The molecular formula is C20H12Cl2. The quantitative estimate of drug-likeness (QED) is 0.329. The molecule has 0 spiro atoms. The molecule has 0 saturated carbocycles. The third-order valence-corrected chi connectivity index (χ3v) is 5.65. The molecule has 0 unspecified atom stereocenters. The van der Waals surface area contributed by atoms with Crippen LogP contribution in [0.1, 0.15) is 45.2 Å². The number of benzene rings is 3. The fourth-order valence-electron chi connectivity index (χ4n) is 4.21. The first-order chi connectivity index (χ1) is 10.8. The topological polar surface area (TPSA) is 0 Å². The summed E-state index contributed by atoms with van der Waals surface area (Å²) in [6.45, 7) is 0. The minimum Gasteiger partial charge on any atom is -0.0840 e. The summed E-state index contributed by atoms with van der Waals surface area (Å²) in [5.74, 6) is 0.386. The van der Waals surface area contributed by atoms with Crippen LogP contribution in [0, 0.1) is 0 Å². The van der Waals surface area contributed by atoms with Crippen LogP contribution < -0.4 is 0 Å². The summed E-state index contributed by atoms with van der Waals surface area (Å²) in [6.07, 6.45) is 0. The lowest BCUT2D eigenvalue weighted by Crippen LogP contribution is -2.28. The first-order valence-electron chi connectivity index (χ1n) is 7.43. The van der Waals surface area contributed by atoms with Crippen molar-refractivity contribution in [3.8, 4) is 0 Å². The van der Waals surface area contributed by atoms with Crippen molar-refractivity contribution in [2.75, 3.05) is 0 Å². The standard InChI is InChI=1S/C20H12Cl2/c21-15-9-4-8-14-18-12-6-2-1-5-11(12)17(19(14)15)13-7-3-10-16(22)20(13)18/h1-10,17-18H/t17-,18-/m0/s1. The number of hydrogen-bond acceptors (Lipinski definition) is 0. The lowest BCUT2D eigenvalue weighted by molar-refractivity contribution is 0.755. The number of rotatable bonds is 0. The van der Waals surface area contributed by atoms with E-state index in [0.29, 0.717) is 0 Å². The molecule has 0 fully saturated rings. The largest absolute Gasteiger partial charge is 0.0840 e. The zero-order valence-corrected chi connectivity index (χ0v) is 13.2. The molecule has 2 heteroatoms. The molecule has 0 heterocycles. The average Bonchev–Trinajstić information content (AvgIpc) is 2.55. The molecule has 2 atom stereocenters. The monoisotopic (exact) mass is 322 g/mol. The zero-order chi connectivity index (χ0) is 14.8.